The zero-order valence-electron chi connectivity index (χ0n) is 17.4. The normalized spacial score (nSPS) is 14.9. The van der Waals surface area contributed by atoms with Gasteiger partial charge in [0.2, 0.25) is 0 Å². The van der Waals surface area contributed by atoms with E-state index in [0.29, 0.717) is 18.8 Å². The van der Waals surface area contributed by atoms with Crippen molar-refractivity contribution in [2.45, 2.75) is 51.6 Å². The molecule has 3 aromatic heterocycles. The number of nitrogens with one attached hydrogen (secondary N) is 1. The largest absolute Gasteiger partial charge is 0.347 e. The molecule has 1 fully saturated rings. The standard InChI is InChI=1S/C23H25N7O/c31-23(25-14-16-6-8-24-9-7-16)22-15-30(29-28-22)10-2-1-3-20-12-19-11-18(17-4-5-17)13-21(19)27-26-20/h6-9,11-12,15,17H,1-5,10,13-14H2,(H,25,31). The van der Waals surface area contributed by atoms with Crippen LogP contribution in [0.25, 0.3) is 6.08 Å². The zero-order valence-corrected chi connectivity index (χ0v) is 17.4. The number of unbranched alkanes of at least 4 members (excludes halogenated alkanes) is 1. The Bertz CT molecular complexity index is 1100. The number of hydrogen-bond donors (Lipinski definition) is 1. The number of fused-ring (bicyclic) bond motifs is 1. The van der Waals surface area contributed by atoms with Crippen molar-refractivity contribution in [1.29, 1.82) is 0 Å². The van der Waals surface area contributed by atoms with Crippen LogP contribution in [-0.4, -0.2) is 36.1 Å². The number of nitrogens with zero attached hydrogens (tertiary/aromatic N) is 6. The first-order chi connectivity index (χ1) is 15.2. The highest BCUT2D eigenvalue weighted by Crippen LogP contribution is 2.41. The Balaban J connectivity index is 1.07. The van der Waals surface area contributed by atoms with Crippen molar-refractivity contribution in [3.05, 3.63) is 70.6 Å². The summed E-state index contributed by atoms with van der Waals surface area (Å²) in [4.78, 5) is 16.2. The first-order valence-corrected chi connectivity index (χ1v) is 10.9. The number of aromatic nitrogens is 6. The van der Waals surface area contributed by atoms with Gasteiger partial charge in [0.25, 0.3) is 5.91 Å². The molecule has 0 aromatic carbocycles. The van der Waals surface area contributed by atoms with Crippen LogP contribution in [0, 0.1) is 5.92 Å². The van der Waals surface area contributed by atoms with Crippen LogP contribution in [-0.2, 0) is 25.9 Å². The van der Waals surface area contributed by atoms with E-state index in [2.05, 4.69) is 43.0 Å². The fourth-order valence-electron chi connectivity index (χ4n) is 3.88. The lowest BCUT2D eigenvalue weighted by atomic mass is 10.1. The molecular formula is C23H25N7O. The molecule has 1 N–H and O–H groups in total. The predicted octanol–water partition coefficient (Wildman–Crippen LogP) is 2.77. The van der Waals surface area contributed by atoms with E-state index in [1.54, 1.807) is 23.3 Å². The molecule has 0 unspecified atom stereocenters. The maximum Gasteiger partial charge on any atom is 0.273 e. The van der Waals surface area contributed by atoms with Crippen LogP contribution in [0.15, 0.2) is 42.4 Å². The van der Waals surface area contributed by atoms with Crippen molar-refractivity contribution in [2.24, 2.45) is 5.92 Å². The van der Waals surface area contributed by atoms with Crippen LogP contribution in [0.4, 0.5) is 0 Å². The highest BCUT2D eigenvalue weighted by atomic mass is 16.2. The van der Waals surface area contributed by atoms with Crippen LogP contribution >= 0.6 is 0 Å². The van der Waals surface area contributed by atoms with E-state index < -0.39 is 0 Å². The second-order valence-corrected chi connectivity index (χ2v) is 8.27. The summed E-state index contributed by atoms with van der Waals surface area (Å²) in [5, 5.41) is 19.8. The molecule has 31 heavy (non-hydrogen) atoms. The van der Waals surface area contributed by atoms with E-state index in [1.807, 2.05) is 12.1 Å². The number of pyridine rings is 1. The maximum absolute atomic E-state index is 12.2. The number of rotatable bonds is 9. The van der Waals surface area contributed by atoms with Gasteiger partial charge in [0, 0.05) is 31.9 Å². The third-order valence-electron chi connectivity index (χ3n) is 5.81. The van der Waals surface area contributed by atoms with Gasteiger partial charge in [-0.15, -0.1) is 5.10 Å². The molecule has 1 saturated carbocycles. The number of amides is 1. The van der Waals surface area contributed by atoms with Gasteiger partial charge < -0.3 is 5.32 Å². The van der Waals surface area contributed by atoms with Gasteiger partial charge in [-0.25, -0.2) is 0 Å². The molecule has 0 spiro atoms. The molecule has 0 radical (unpaired) electrons. The molecule has 5 rings (SSSR count). The van der Waals surface area contributed by atoms with Gasteiger partial charge in [-0.2, -0.15) is 10.2 Å². The van der Waals surface area contributed by atoms with Crippen molar-refractivity contribution in [2.75, 3.05) is 0 Å². The molecule has 2 aliphatic carbocycles. The Hall–Kier alpha value is -3.42. The molecule has 8 nitrogen and oxygen atoms in total. The molecule has 8 heteroatoms. The maximum atomic E-state index is 12.2. The van der Waals surface area contributed by atoms with E-state index in [0.717, 1.165) is 48.6 Å². The van der Waals surface area contributed by atoms with Gasteiger partial charge in [-0.3, -0.25) is 14.5 Å². The molecule has 2 aliphatic rings. The molecule has 3 aromatic rings. The third-order valence-corrected chi connectivity index (χ3v) is 5.81. The lowest BCUT2D eigenvalue weighted by Crippen LogP contribution is -2.23. The minimum absolute atomic E-state index is 0.227. The van der Waals surface area contributed by atoms with Crippen LogP contribution in [0.2, 0.25) is 0 Å². The van der Waals surface area contributed by atoms with Crippen LogP contribution < -0.4 is 5.32 Å². The molecule has 0 atom stereocenters. The van der Waals surface area contributed by atoms with Crippen molar-refractivity contribution < 1.29 is 4.79 Å². The van der Waals surface area contributed by atoms with Gasteiger partial charge in [0.1, 0.15) is 0 Å². The summed E-state index contributed by atoms with van der Waals surface area (Å²) >= 11 is 0. The summed E-state index contributed by atoms with van der Waals surface area (Å²) in [5.41, 5.74) is 6.28. The number of carbonyl (C=O) groups is 1. The smallest absolute Gasteiger partial charge is 0.273 e. The Morgan fingerprint density at radius 2 is 2.00 bits per heavy atom. The Kier molecular flexibility index (Phi) is 5.52. The monoisotopic (exact) mass is 415 g/mol. The van der Waals surface area contributed by atoms with Crippen molar-refractivity contribution >= 4 is 12.0 Å². The fraction of sp³-hybridized carbons (Fsp3) is 0.391. The molecule has 0 aliphatic heterocycles. The highest BCUT2D eigenvalue weighted by Gasteiger charge is 2.29. The first-order valence-electron chi connectivity index (χ1n) is 10.9. The Morgan fingerprint density at radius 3 is 2.84 bits per heavy atom. The molecule has 0 saturated heterocycles. The SMILES string of the molecule is O=C(NCc1ccncc1)c1cn(CCCCc2cc3c(nn2)CC(C2CC2)=C3)nn1. The van der Waals surface area contributed by atoms with Gasteiger partial charge in [0.15, 0.2) is 5.69 Å². The molecule has 1 amide bonds. The van der Waals surface area contributed by atoms with E-state index in [9.17, 15) is 4.79 Å². The zero-order chi connectivity index (χ0) is 21.0. The lowest BCUT2D eigenvalue weighted by Gasteiger charge is -2.03. The third kappa shape index (κ3) is 4.84. The van der Waals surface area contributed by atoms with Crippen molar-refractivity contribution in [1.82, 2.24) is 35.5 Å². The van der Waals surface area contributed by atoms with E-state index >= 15 is 0 Å². The molecule has 0 bridgehead atoms. The van der Waals surface area contributed by atoms with Gasteiger partial charge >= 0.3 is 0 Å². The van der Waals surface area contributed by atoms with Crippen LogP contribution in [0.3, 0.4) is 0 Å². The average molecular weight is 416 g/mol. The average Bonchev–Trinajstić information content (AvgIpc) is 3.39. The number of hydrogen-bond acceptors (Lipinski definition) is 6. The molecular weight excluding hydrogens is 390 g/mol. The van der Waals surface area contributed by atoms with Crippen molar-refractivity contribution in [3.8, 4) is 0 Å². The summed E-state index contributed by atoms with van der Waals surface area (Å²) in [6.45, 7) is 1.15. The summed E-state index contributed by atoms with van der Waals surface area (Å²) < 4.78 is 1.72. The van der Waals surface area contributed by atoms with Gasteiger partial charge in [0.05, 0.1) is 17.6 Å². The lowest BCUT2D eigenvalue weighted by molar-refractivity contribution is 0.0946. The van der Waals surface area contributed by atoms with Crippen molar-refractivity contribution in [3.63, 3.8) is 0 Å². The Labute approximate surface area is 180 Å². The van der Waals surface area contributed by atoms with E-state index in [-0.39, 0.29) is 5.91 Å². The van der Waals surface area contributed by atoms with Crippen LogP contribution in [0.1, 0.15) is 58.7 Å². The second kappa shape index (κ2) is 8.75. The summed E-state index contributed by atoms with van der Waals surface area (Å²) in [6, 6.07) is 5.92. The quantitative estimate of drug-likeness (QED) is 0.540. The number of aryl methyl sites for hydroxylation is 2. The Morgan fingerprint density at radius 1 is 1.13 bits per heavy atom. The van der Waals surface area contributed by atoms with E-state index in [1.165, 1.54) is 24.0 Å². The molecule has 158 valence electrons. The van der Waals surface area contributed by atoms with Gasteiger partial charge in [-0.1, -0.05) is 16.9 Å². The van der Waals surface area contributed by atoms with E-state index in [4.69, 9.17) is 0 Å². The minimum atomic E-state index is -0.227. The summed E-state index contributed by atoms with van der Waals surface area (Å²) in [6.07, 6.45) is 13.9. The summed E-state index contributed by atoms with van der Waals surface area (Å²) in [5.74, 6) is 0.568. The topological polar surface area (TPSA) is 98.5 Å². The second-order valence-electron chi connectivity index (χ2n) is 8.27. The summed E-state index contributed by atoms with van der Waals surface area (Å²) in [7, 11) is 0. The highest BCUT2D eigenvalue weighted by molar-refractivity contribution is 5.91. The first kappa shape index (κ1) is 19.5. The number of allylic oxidation sites excluding steroid dienone is 1. The fourth-order valence-corrected chi connectivity index (χ4v) is 3.88. The molecule has 3 heterocycles. The number of carbonyl (C=O) groups excluding carboxylic acids is 1. The van der Waals surface area contributed by atoms with Crippen LogP contribution in [0.5, 0.6) is 0 Å². The predicted molar refractivity (Wildman–Crippen MR) is 115 cm³/mol. The van der Waals surface area contributed by atoms with Gasteiger partial charge in [-0.05, 0) is 67.3 Å². The minimum Gasteiger partial charge on any atom is -0.347 e.